The average molecular weight is 293 g/mol. The zero-order valence-corrected chi connectivity index (χ0v) is 11.2. The van der Waals surface area contributed by atoms with E-state index in [-0.39, 0.29) is 35.5 Å². The lowest BCUT2D eigenvalue weighted by atomic mass is 10.2. The van der Waals surface area contributed by atoms with Gasteiger partial charge in [0.2, 0.25) is 0 Å². The van der Waals surface area contributed by atoms with Crippen molar-refractivity contribution in [1.82, 2.24) is 0 Å². The minimum atomic E-state index is -0.828. The molecule has 0 unspecified atom stereocenters. The predicted octanol–water partition coefficient (Wildman–Crippen LogP) is 2.61. The Labute approximate surface area is 114 Å². The Morgan fingerprint density at radius 3 is 2.84 bits per heavy atom. The van der Waals surface area contributed by atoms with Gasteiger partial charge in [0.25, 0.3) is 0 Å². The zero-order valence-electron chi connectivity index (χ0n) is 10.5. The van der Waals surface area contributed by atoms with Crippen molar-refractivity contribution >= 4 is 29.1 Å². The third-order valence-corrected chi connectivity index (χ3v) is 2.36. The Morgan fingerprint density at radius 2 is 2.26 bits per heavy atom. The second-order valence-electron chi connectivity index (χ2n) is 3.35. The summed E-state index contributed by atoms with van der Waals surface area (Å²) in [6, 6.07) is 0.970. The summed E-state index contributed by atoms with van der Waals surface area (Å²) in [6.07, 6.45) is -0.828. The van der Waals surface area contributed by atoms with E-state index in [0.717, 1.165) is 6.07 Å². The number of benzene rings is 1. The third-order valence-electron chi connectivity index (χ3n) is 2.04. The zero-order chi connectivity index (χ0) is 14.4. The Hall–Kier alpha value is -1.73. The molecule has 0 aliphatic carbocycles. The van der Waals surface area contributed by atoms with E-state index in [1.807, 2.05) is 0 Å². The fraction of sp³-hybridized carbons (Fsp3) is 0.364. The van der Waals surface area contributed by atoms with Gasteiger partial charge in [-0.1, -0.05) is 11.6 Å². The van der Waals surface area contributed by atoms with Crippen LogP contribution >= 0.6 is 11.6 Å². The highest BCUT2D eigenvalue weighted by molar-refractivity contribution is 6.33. The van der Waals surface area contributed by atoms with Gasteiger partial charge in [0.05, 0.1) is 17.3 Å². The molecule has 0 bridgehead atoms. The summed E-state index contributed by atoms with van der Waals surface area (Å²) >= 11 is 5.74. The van der Waals surface area contributed by atoms with Crippen LogP contribution in [0.1, 0.15) is 6.92 Å². The summed E-state index contributed by atoms with van der Waals surface area (Å²) in [4.78, 5) is 11.3. The first-order valence-electron chi connectivity index (χ1n) is 5.34. The predicted molar refractivity (Wildman–Crippen MR) is 69.0 cm³/mol. The number of hydrogen-bond acceptors (Lipinski definition) is 5. The van der Waals surface area contributed by atoms with Crippen LogP contribution in [-0.2, 0) is 9.47 Å². The molecule has 106 valence electrons. The molecule has 8 heteroatoms. The van der Waals surface area contributed by atoms with Crippen LogP contribution in [0.15, 0.2) is 6.07 Å². The Kier molecular flexibility index (Phi) is 5.65. The molecule has 0 aliphatic heterocycles. The number of nitrogens with two attached hydrogens (primary N) is 1. The van der Waals surface area contributed by atoms with Gasteiger partial charge in [-0.25, -0.2) is 9.18 Å². The smallest absolute Gasteiger partial charge is 0.411 e. The maximum atomic E-state index is 13.8. The van der Waals surface area contributed by atoms with Gasteiger partial charge in [0, 0.05) is 7.11 Å². The summed E-state index contributed by atoms with van der Waals surface area (Å²) in [6.45, 7) is 1.58. The number of carbonyl (C=O) groups is 1. The first-order valence-corrected chi connectivity index (χ1v) is 5.72. The molecule has 1 aromatic rings. The minimum Gasteiger partial charge on any atom is -0.463 e. The van der Waals surface area contributed by atoms with Crippen molar-refractivity contribution in [3.8, 4) is 5.75 Å². The minimum absolute atomic E-state index is 0.00749. The first-order chi connectivity index (χ1) is 9.01. The first kappa shape index (κ1) is 15.3. The highest BCUT2D eigenvalue weighted by atomic mass is 35.5. The molecule has 0 fully saturated rings. The Morgan fingerprint density at radius 1 is 1.58 bits per heavy atom. The second-order valence-corrected chi connectivity index (χ2v) is 3.76. The van der Waals surface area contributed by atoms with E-state index in [9.17, 15) is 9.18 Å². The summed E-state index contributed by atoms with van der Waals surface area (Å²) in [5, 5.41) is 2.17. The maximum absolute atomic E-state index is 13.8. The number of ether oxygens (including phenoxy) is 3. The van der Waals surface area contributed by atoms with E-state index < -0.39 is 11.9 Å². The molecule has 0 radical (unpaired) electrons. The van der Waals surface area contributed by atoms with Crippen LogP contribution in [-0.4, -0.2) is 26.6 Å². The van der Waals surface area contributed by atoms with Gasteiger partial charge in [0.15, 0.2) is 18.4 Å². The Balaban J connectivity index is 3.12. The van der Waals surface area contributed by atoms with Crippen molar-refractivity contribution in [2.24, 2.45) is 0 Å². The lowest BCUT2D eigenvalue weighted by Gasteiger charge is -2.15. The summed E-state index contributed by atoms with van der Waals surface area (Å²) < 4.78 is 28.3. The SMILES string of the molecule is CCOC(=O)Nc1c(F)cc(Cl)c(N)c1OCOC. The lowest BCUT2D eigenvalue weighted by Crippen LogP contribution is -2.16. The fourth-order valence-electron chi connectivity index (χ4n) is 1.27. The monoisotopic (exact) mass is 292 g/mol. The van der Waals surface area contributed by atoms with Crippen molar-refractivity contribution in [1.29, 1.82) is 0 Å². The lowest BCUT2D eigenvalue weighted by molar-refractivity contribution is 0.0519. The number of hydrogen-bond donors (Lipinski definition) is 2. The van der Waals surface area contributed by atoms with Crippen molar-refractivity contribution in [3.63, 3.8) is 0 Å². The van der Waals surface area contributed by atoms with Crippen molar-refractivity contribution in [2.75, 3.05) is 31.6 Å². The quantitative estimate of drug-likeness (QED) is 0.644. The second kappa shape index (κ2) is 7.01. The van der Waals surface area contributed by atoms with E-state index in [1.54, 1.807) is 6.92 Å². The van der Waals surface area contributed by atoms with Gasteiger partial charge in [-0.2, -0.15) is 0 Å². The van der Waals surface area contributed by atoms with Crippen LogP contribution in [0.25, 0.3) is 0 Å². The largest absolute Gasteiger partial charge is 0.463 e. The van der Waals surface area contributed by atoms with E-state index in [0.29, 0.717) is 0 Å². The molecular formula is C11H14ClFN2O4. The molecule has 0 atom stereocenters. The molecular weight excluding hydrogens is 279 g/mol. The van der Waals surface area contributed by atoms with Crippen LogP contribution < -0.4 is 15.8 Å². The number of rotatable bonds is 5. The van der Waals surface area contributed by atoms with E-state index >= 15 is 0 Å². The number of amides is 1. The molecule has 0 spiro atoms. The molecule has 0 heterocycles. The number of halogens is 2. The van der Waals surface area contributed by atoms with E-state index in [1.165, 1.54) is 7.11 Å². The molecule has 1 aromatic carbocycles. The third kappa shape index (κ3) is 3.87. The topological polar surface area (TPSA) is 82.8 Å². The number of anilines is 2. The van der Waals surface area contributed by atoms with Crippen LogP contribution in [0.5, 0.6) is 5.75 Å². The molecule has 3 N–H and O–H groups in total. The van der Waals surface area contributed by atoms with Crippen LogP contribution in [0, 0.1) is 5.82 Å². The molecule has 1 amide bonds. The maximum Gasteiger partial charge on any atom is 0.411 e. The van der Waals surface area contributed by atoms with E-state index in [4.69, 9.17) is 26.8 Å². The van der Waals surface area contributed by atoms with Gasteiger partial charge in [0.1, 0.15) is 5.69 Å². The molecule has 0 saturated heterocycles. The molecule has 1 rings (SSSR count). The fourth-order valence-corrected chi connectivity index (χ4v) is 1.45. The average Bonchev–Trinajstić information content (AvgIpc) is 2.36. The highest BCUT2D eigenvalue weighted by Crippen LogP contribution is 2.39. The molecule has 19 heavy (non-hydrogen) atoms. The number of carbonyl (C=O) groups excluding carboxylic acids is 1. The summed E-state index contributed by atoms with van der Waals surface area (Å²) in [5.74, 6) is -0.904. The molecule has 0 aliphatic rings. The summed E-state index contributed by atoms with van der Waals surface area (Å²) in [7, 11) is 1.38. The normalized spacial score (nSPS) is 10.1. The number of nitrogen functional groups attached to an aromatic ring is 1. The number of methoxy groups -OCH3 is 1. The highest BCUT2D eigenvalue weighted by Gasteiger charge is 2.19. The summed E-state index contributed by atoms with van der Waals surface area (Å²) in [5.41, 5.74) is 5.41. The van der Waals surface area contributed by atoms with Crippen molar-refractivity contribution in [3.05, 3.63) is 16.9 Å². The van der Waals surface area contributed by atoms with Gasteiger partial charge >= 0.3 is 6.09 Å². The van der Waals surface area contributed by atoms with Gasteiger partial charge < -0.3 is 19.9 Å². The molecule has 0 saturated carbocycles. The van der Waals surface area contributed by atoms with Crippen molar-refractivity contribution in [2.45, 2.75) is 6.92 Å². The van der Waals surface area contributed by atoms with Gasteiger partial charge in [-0.15, -0.1) is 0 Å². The number of nitrogens with one attached hydrogen (secondary N) is 1. The van der Waals surface area contributed by atoms with Crippen molar-refractivity contribution < 1.29 is 23.4 Å². The standard InChI is InChI=1S/C11H14ClFN2O4/c1-3-18-11(16)15-9-7(13)4-6(12)8(14)10(9)19-5-17-2/h4H,3,5,14H2,1-2H3,(H,15,16). The van der Waals surface area contributed by atoms with Gasteiger partial charge in [-0.05, 0) is 13.0 Å². The van der Waals surface area contributed by atoms with Crippen LogP contribution in [0.4, 0.5) is 20.6 Å². The molecule has 6 nitrogen and oxygen atoms in total. The van der Waals surface area contributed by atoms with Crippen LogP contribution in [0.3, 0.4) is 0 Å². The van der Waals surface area contributed by atoms with E-state index in [2.05, 4.69) is 10.1 Å². The Bertz CT molecular complexity index is 470. The van der Waals surface area contributed by atoms with Crippen LogP contribution in [0.2, 0.25) is 5.02 Å². The van der Waals surface area contributed by atoms with Gasteiger partial charge in [-0.3, -0.25) is 5.32 Å². The molecule has 0 aromatic heterocycles.